The van der Waals surface area contributed by atoms with Crippen molar-refractivity contribution in [1.29, 1.82) is 0 Å². The van der Waals surface area contributed by atoms with Crippen molar-refractivity contribution in [3.63, 3.8) is 0 Å². The summed E-state index contributed by atoms with van der Waals surface area (Å²) in [5.74, 6) is 2.25. The number of ether oxygens (including phenoxy) is 2. The van der Waals surface area contributed by atoms with E-state index in [1.165, 1.54) is 12.8 Å². The Bertz CT molecular complexity index is 458. The van der Waals surface area contributed by atoms with Crippen molar-refractivity contribution in [3.05, 3.63) is 23.9 Å². The maximum Gasteiger partial charge on any atom is 0.212 e. The van der Waals surface area contributed by atoms with Crippen LogP contribution in [0.15, 0.2) is 23.3 Å². The summed E-state index contributed by atoms with van der Waals surface area (Å²) < 4.78 is 10.6. The SMILES string of the molecule is CN=C(NCCCOCC1CC1)NCc1ccc(OC)nc1. The highest BCUT2D eigenvalue weighted by Gasteiger charge is 2.20. The molecule has 122 valence electrons. The molecule has 1 aromatic heterocycles. The molecule has 1 aliphatic rings. The normalized spacial score (nSPS) is 14.7. The van der Waals surface area contributed by atoms with Gasteiger partial charge in [0.15, 0.2) is 5.96 Å². The molecule has 22 heavy (non-hydrogen) atoms. The average Bonchev–Trinajstić information content (AvgIpc) is 3.38. The van der Waals surface area contributed by atoms with Crippen LogP contribution in [-0.2, 0) is 11.3 Å². The van der Waals surface area contributed by atoms with E-state index in [1.54, 1.807) is 20.4 Å². The summed E-state index contributed by atoms with van der Waals surface area (Å²) in [7, 11) is 3.38. The third-order valence-electron chi connectivity index (χ3n) is 3.50. The molecule has 0 amide bonds. The van der Waals surface area contributed by atoms with Crippen LogP contribution in [0.2, 0.25) is 0 Å². The molecule has 0 saturated heterocycles. The van der Waals surface area contributed by atoms with Gasteiger partial charge in [0.2, 0.25) is 5.88 Å². The molecule has 6 nitrogen and oxygen atoms in total. The van der Waals surface area contributed by atoms with Crippen LogP contribution in [0.4, 0.5) is 0 Å². The maximum atomic E-state index is 5.60. The topological polar surface area (TPSA) is 67.8 Å². The van der Waals surface area contributed by atoms with Crippen molar-refractivity contribution in [2.24, 2.45) is 10.9 Å². The molecule has 0 aliphatic heterocycles. The zero-order valence-electron chi connectivity index (χ0n) is 13.5. The van der Waals surface area contributed by atoms with Crippen molar-refractivity contribution < 1.29 is 9.47 Å². The van der Waals surface area contributed by atoms with Gasteiger partial charge in [0, 0.05) is 45.6 Å². The Hall–Kier alpha value is -1.82. The third kappa shape index (κ3) is 6.30. The molecular weight excluding hydrogens is 280 g/mol. The second-order valence-electron chi connectivity index (χ2n) is 5.43. The van der Waals surface area contributed by atoms with Gasteiger partial charge in [-0.3, -0.25) is 4.99 Å². The fourth-order valence-electron chi connectivity index (χ4n) is 1.96. The smallest absolute Gasteiger partial charge is 0.212 e. The van der Waals surface area contributed by atoms with E-state index in [4.69, 9.17) is 9.47 Å². The minimum absolute atomic E-state index is 0.623. The van der Waals surface area contributed by atoms with Crippen molar-refractivity contribution in [1.82, 2.24) is 15.6 Å². The number of pyridine rings is 1. The van der Waals surface area contributed by atoms with Crippen LogP contribution in [0.25, 0.3) is 0 Å². The zero-order chi connectivity index (χ0) is 15.6. The van der Waals surface area contributed by atoms with Crippen LogP contribution in [0.3, 0.4) is 0 Å². The quantitative estimate of drug-likeness (QED) is 0.412. The fourth-order valence-corrected chi connectivity index (χ4v) is 1.96. The highest BCUT2D eigenvalue weighted by molar-refractivity contribution is 5.79. The van der Waals surface area contributed by atoms with E-state index < -0.39 is 0 Å². The molecule has 0 unspecified atom stereocenters. The van der Waals surface area contributed by atoms with Gasteiger partial charge >= 0.3 is 0 Å². The van der Waals surface area contributed by atoms with E-state index in [0.717, 1.165) is 43.6 Å². The molecule has 1 aromatic rings. The van der Waals surface area contributed by atoms with Gasteiger partial charge in [-0.15, -0.1) is 0 Å². The lowest BCUT2D eigenvalue weighted by molar-refractivity contribution is 0.123. The summed E-state index contributed by atoms with van der Waals surface area (Å²) in [4.78, 5) is 8.38. The highest BCUT2D eigenvalue weighted by atomic mass is 16.5. The number of nitrogens with one attached hydrogen (secondary N) is 2. The van der Waals surface area contributed by atoms with E-state index in [0.29, 0.717) is 12.4 Å². The van der Waals surface area contributed by atoms with Gasteiger partial charge in [0.1, 0.15) is 0 Å². The van der Waals surface area contributed by atoms with Crippen molar-refractivity contribution in [2.45, 2.75) is 25.8 Å². The van der Waals surface area contributed by atoms with E-state index in [-0.39, 0.29) is 0 Å². The number of guanidine groups is 1. The Kier molecular flexibility index (Phi) is 6.96. The predicted molar refractivity (Wildman–Crippen MR) is 87.2 cm³/mol. The van der Waals surface area contributed by atoms with E-state index in [9.17, 15) is 0 Å². The van der Waals surface area contributed by atoms with Gasteiger partial charge in [-0.05, 0) is 30.7 Å². The molecule has 1 heterocycles. The molecule has 0 aromatic carbocycles. The minimum atomic E-state index is 0.623. The monoisotopic (exact) mass is 306 g/mol. The second-order valence-corrected chi connectivity index (χ2v) is 5.43. The number of hydrogen-bond acceptors (Lipinski definition) is 4. The first-order valence-electron chi connectivity index (χ1n) is 7.83. The molecule has 1 saturated carbocycles. The predicted octanol–water partition coefficient (Wildman–Crippen LogP) is 1.57. The first-order valence-corrected chi connectivity index (χ1v) is 7.83. The summed E-state index contributed by atoms with van der Waals surface area (Å²) in [6.07, 6.45) is 5.46. The summed E-state index contributed by atoms with van der Waals surface area (Å²) >= 11 is 0. The van der Waals surface area contributed by atoms with Crippen molar-refractivity contribution in [2.75, 3.05) is 33.9 Å². The molecular formula is C16H26N4O2. The number of methoxy groups -OCH3 is 1. The molecule has 0 radical (unpaired) electrons. The average molecular weight is 306 g/mol. The maximum absolute atomic E-state index is 5.60. The van der Waals surface area contributed by atoms with Gasteiger partial charge in [-0.1, -0.05) is 6.07 Å². The van der Waals surface area contributed by atoms with Gasteiger partial charge < -0.3 is 20.1 Å². The Balaban J connectivity index is 1.57. The summed E-state index contributed by atoms with van der Waals surface area (Å²) in [5.41, 5.74) is 1.08. The number of hydrogen-bond donors (Lipinski definition) is 2. The summed E-state index contributed by atoms with van der Waals surface area (Å²) in [6.45, 7) is 3.26. The molecule has 2 N–H and O–H groups in total. The van der Waals surface area contributed by atoms with E-state index in [2.05, 4.69) is 20.6 Å². The molecule has 0 atom stereocenters. The van der Waals surface area contributed by atoms with Crippen LogP contribution in [0, 0.1) is 5.92 Å². The lowest BCUT2D eigenvalue weighted by atomic mass is 10.3. The molecule has 6 heteroatoms. The van der Waals surface area contributed by atoms with Crippen LogP contribution >= 0.6 is 0 Å². The van der Waals surface area contributed by atoms with E-state index in [1.807, 2.05) is 12.1 Å². The lowest BCUT2D eigenvalue weighted by Gasteiger charge is -2.12. The van der Waals surface area contributed by atoms with Gasteiger partial charge in [-0.2, -0.15) is 0 Å². The molecule has 1 fully saturated rings. The summed E-state index contributed by atoms with van der Waals surface area (Å²) in [6, 6.07) is 3.84. The minimum Gasteiger partial charge on any atom is -0.481 e. The molecule has 0 spiro atoms. The number of aliphatic imine (C=N–C) groups is 1. The first kappa shape index (κ1) is 16.5. The highest BCUT2D eigenvalue weighted by Crippen LogP contribution is 2.28. The van der Waals surface area contributed by atoms with Crippen LogP contribution in [0.1, 0.15) is 24.8 Å². The Labute approximate surface area is 132 Å². The standard InChI is InChI=1S/C16H26N4O2/c1-17-16(18-8-3-9-22-12-13-4-5-13)20-11-14-6-7-15(21-2)19-10-14/h6-7,10,13H,3-5,8-9,11-12H2,1-2H3,(H2,17,18,20). The Morgan fingerprint density at radius 3 is 2.86 bits per heavy atom. The molecule has 1 aliphatic carbocycles. The van der Waals surface area contributed by atoms with Gasteiger partial charge in [0.05, 0.1) is 7.11 Å². The van der Waals surface area contributed by atoms with Gasteiger partial charge in [-0.25, -0.2) is 4.98 Å². The number of rotatable bonds is 9. The largest absolute Gasteiger partial charge is 0.481 e. The molecule has 0 bridgehead atoms. The number of nitrogens with zero attached hydrogens (tertiary/aromatic N) is 2. The summed E-state index contributed by atoms with van der Waals surface area (Å²) in [5, 5.41) is 6.54. The van der Waals surface area contributed by atoms with Crippen molar-refractivity contribution in [3.8, 4) is 5.88 Å². The first-order chi connectivity index (χ1) is 10.8. The van der Waals surface area contributed by atoms with E-state index >= 15 is 0 Å². The van der Waals surface area contributed by atoms with Crippen LogP contribution < -0.4 is 15.4 Å². The van der Waals surface area contributed by atoms with Gasteiger partial charge in [0.25, 0.3) is 0 Å². The molecule has 2 rings (SSSR count). The zero-order valence-corrected chi connectivity index (χ0v) is 13.5. The van der Waals surface area contributed by atoms with Crippen LogP contribution in [0.5, 0.6) is 5.88 Å². The Morgan fingerprint density at radius 1 is 1.36 bits per heavy atom. The van der Waals surface area contributed by atoms with Crippen LogP contribution in [-0.4, -0.2) is 44.9 Å². The third-order valence-corrected chi connectivity index (χ3v) is 3.50. The number of aromatic nitrogens is 1. The Morgan fingerprint density at radius 2 is 2.23 bits per heavy atom. The second kappa shape index (κ2) is 9.25. The lowest BCUT2D eigenvalue weighted by Crippen LogP contribution is -2.37. The fraction of sp³-hybridized carbons (Fsp3) is 0.625. The van der Waals surface area contributed by atoms with Crippen molar-refractivity contribution >= 4 is 5.96 Å².